The van der Waals surface area contributed by atoms with Crippen LogP contribution in [0.4, 0.5) is 0 Å². The number of rotatable bonds is 5. The van der Waals surface area contributed by atoms with Crippen molar-refractivity contribution in [1.82, 2.24) is 0 Å². The first kappa shape index (κ1) is 16.6. The van der Waals surface area contributed by atoms with E-state index >= 15 is 0 Å². The van der Waals surface area contributed by atoms with Gasteiger partial charge < -0.3 is 4.74 Å². The second-order valence-corrected chi connectivity index (χ2v) is 6.41. The van der Waals surface area contributed by atoms with Gasteiger partial charge in [0.15, 0.2) is 6.10 Å². The standard InChI is InChI=1S/C18H26O2/c1-8-10-13(5)15(9-2)20-17(19)16-14(11-12(3)4)18(16,6)7/h2,10-11,14-16H,8H2,1,3-7H3/b13-10+/t14-,15?,16-/m0/s1. The molecule has 20 heavy (non-hydrogen) atoms. The molecule has 1 aliphatic rings. The zero-order valence-corrected chi connectivity index (χ0v) is 13.5. The van der Waals surface area contributed by atoms with Crippen molar-refractivity contribution in [3.8, 4) is 12.3 Å². The van der Waals surface area contributed by atoms with Crippen molar-refractivity contribution in [1.29, 1.82) is 0 Å². The molecule has 3 atom stereocenters. The summed E-state index contributed by atoms with van der Waals surface area (Å²) in [5, 5.41) is 0. The third kappa shape index (κ3) is 3.54. The van der Waals surface area contributed by atoms with Crippen molar-refractivity contribution in [3.63, 3.8) is 0 Å². The van der Waals surface area contributed by atoms with Crippen LogP contribution in [-0.2, 0) is 9.53 Å². The lowest BCUT2D eigenvalue weighted by Gasteiger charge is -2.13. The maximum absolute atomic E-state index is 12.3. The summed E-state index contributed by atoms with van der Waals surface area (Å²) in [5.74, 6) is 2.56. The van der Waals surface area contributed by atoms with Crippen molar-refractivity contribution in [2.24, 2.45) is 17.3 Å². The van der Waals surface area contributed by atoms with Crippen molar-refractivity contribution < 1.29 is 9.53 Å². The lowest BCUT2D eigenvalue weighted by atomic mass is 10.1. The summed E-state index contributed by atoms with van der Waals surface area (Å²) in [6.07, 6.45) is 9.99. The first-order valence-electron chi connectivity index (χ1n) is 7.24. The number of ether oxygens (including phenoxy) is 1. The van der Waals surface area contributed by atoms with Gasteiger partial charge in [-0.05, 0) is 44.1 Å². The van der Waals surface area contributed by atoms with Gasteiger partial charge in [0.05, 0.1) is 5.92 Å². The SMILES string of the molecule is C#CC(OC(=O)[C@@H]1[C@H](C=C(C)C)C1(C)C)/C(C)=C/CC. The molecule has 0 aromatic rings. The van der Waals surface area contributed by atoms with Crippen LogP contribution in [0.25, 0.3) is 0 Å². The predicted octanol–water partition coefficient (Wildman–Crippen LogP) is 4.13. The van der Waals surface area contributed by atoms with Crippen LogP contribution < -0.4 is 0 Å². The summed E-state index contributed by atoms with van der Waals surface area (Å²) in [7, 11) is 0. The molecule has 1 rings (SSSR count). The predicted molar refractivity (Wildman–Crippen MR) is 83.0 cm³/mol. The Morgan fingerprint density at radius 2 is 2.00 bits per heavy atom. The molecule has 0 aromatic heterocycles. The van der Waals surface area contributed by atoms with Crippen LogP contribution in [0, 0.1) is 29.6 Å². The van der Waals surface area contributed by atoms with E-state index in [9.17, 15) is 4.79 Å². The van der Waals surface area contributed by atoms with Gasteiger partial charge in [-0.2, -0.15) is 0 Å². The molecule has 1 unspecified atom stereocenters. The van der Waals surface area contributed by atoms with E-state index in [2.05, 4.69) is 39.7 Å². The van der Waals surface area contributed by atoms with Crippen LogP contribution in [0.1, 0.15) is 48.0 Å². The molecule has 2 nitrogen and oxygen atoms in total. The molecule has 0 N–H and O–H groups in total. The molecule has 1 fully saturated rings. The van der Waals surface area contributed by atoms with E-state index in [4.69, 9.17) is 11.2 Å². The molecule has 0 radical (unpaired) electrons. The fourth-order valence-electron chi connectivity index (χ4n) is 2.67. The van der Waals surface area contributed by atoms with Crippen LogP contribution in [-0.4, -0.2) is 12.1 Å². The molecule has 110 valence electrons. The minimum Gasteiger partial charge on any atom is -0.444 e. The molecular formula is C18H26O2. The Labute approximate surface area is 123 Å². The number of allylic oxidation sites excluding steroid dienone is 3. The second-order valence-electron chi connectivity index (χ2n) is 6.41. The zero-order chi connectivity index (χ0) is 15.5. The average molecular weight is 274 g/mol. The smallest absolute Gasteiger partial charge is 0.311 e. The van der Waals surface area contributed by atoms with Gasteiger partial charge in [-0.25, -0.2) is 0 Å². The van der Waals surface area contributed by atoms with Crippen molar-refractivity contribution in [2.45, 2.75) is 54.1 Å². The number of hydrogen-bond acceptors (Lipinski definition) is 2. The highest BCUT2D eigenvalue weighted by Gasteiger charge is 2.61. The lowest BCUT2D eigenvalue weighted by Crippen LogP contribution is -2.20. The molecular weight excluding hydrogens is 248 g/mol. The van der Waals surface area contributed by atoms with Crippen molar-refractivity contribution >= 4 is 5.97 Å². The van der Waals surface area contributed by atoms with E-state index in [-0.39, 0.29) is 23.2 Å². The van der Waals surface area contributed by atoms with Crippen LogP contribution in [0.2, 0.25) is 0 Å². The summed E-state index contributed by atoms with van der Waals surface area (Å²) in [4.78, 5) is 12.3. The quantitative estimate of drug-likeness (QED) is 0.428. The Balaban J connectivity index is 2.76. The molecule has 0 amide bonds. The van der Waals surface area contributed by atoms with Crippen LogP contribution >= 0.6 is 0 Å². The monoisotopic (exact) mass is 274 g/mol. The van der Waals surface area contributed by atoms with Gasteiger partial charge in [-0.15, -0.1) is 6.42 Å². The van der Waals surface area contributed by atoms with Gasteiger partial charge >= 0.3 is 5.97 Å². The van der Waals surface area contributed by atoms with Crippen LogP contribution in [0.5, 0.6) is 0 Å². The third-order valence-corrected chi connectivity index (χ3v) is 4.00. The maximum Gasteiger partial charge on any atom is 0.311 e. The topological polar surface area (TPSA) is 26.3 Å². The van der Waals surface area contributed by atoms with Gasteiger partial charge in [0, 0.05) is 0 Å². The number of carbonyl (C=O) groups excluding carboxylic acids is 1. The molecule has 0 aromatic carbocycles. The van der Waals surface area contributed by atoms with Crippen LogP contribution in [0.3, 0.4) is 0 Å². The summed E-state index contributed by atoms with van der Waals surface area (Å²) in [6.45, 7) is 12.2. The van der Waals surface area contributed by atoms with E-state index in [1.165, 1.54) is 5.57 Å². The van der Waals surface area contributed by atoms with Crippen molar-refractivity contribution in [3.05, 3.63) is 23.3 Å². The average Bonchev–Trinajstić information content (AvgIpc) is 2.86. The van der Waals surface area contributed by atoms with E-state index in [0.717, 1.165) is 12.0 Å². The first-order chi connectivity index (χ1) is 9.25. The van der Waals surface area contributed by atoms with Gasteiger partial charge in [0.2, 0.25) is 0 Å². The molecule has 0 heterocycles. The number of terminal acetylenes is 1. The van der Waals surface area contributed by atoms with Gasteiger partial charge in [0.25, 0.3) is 0 Å². The molecule has 0 spiro atoms. The highest BCUT2D eigenvalue weighted by Crippen LogP contribution is 2.59. The number of carbonyl (C=O) groups is 1. The van der Waals surface area contributed by atoms with E-state index in [1.54, 1.807) is 0 Å². The van der Waals surface area contributed by atoms with Gasteiger partial charge in [-0.1, -0.05) is 44.4 Å². The van der Waals surface area contributed by atoms with E-state index in [1.807, 2.05) is 19.9 Å². The fourth-order valence-corrected chi connectivity index (χ4v) is 2.67. The summed E-state index contributed by atoms with van der Waals surface area (Å²) in [6, 6.07) is 0. The Bertz CT molecular complexity index is 470. The Morgan fingerprint density at radius 3 is 2.45 bits per heavy atom. The fraction of sp³-hybridized carbons (Fsp3) is 0.611. The highest BCUT2D eigenvalue weighted by molar-refractivity contribution is 5.79. The largest absolute Gasteiger partial charge is 0.444 e. The summed E-state index contributed by atoms with van der Waals surface area (Å²) < 4.78 is 5.51. The molecule has 1 saturated carbocycles. The Kier molecular flexibility index (Phi) is 5.22. The molecule has 0 bridgehead atoms. The minimum absolute atomic E-state index is 0.0319. The molecule has 1 aliphatic carbocycles. The van der Waals surface area contributed by atoms with Gasteiger partial charge in [-0.3, -0.25) is 4.79 Å². The van der Waals surface area contributed by atoms with E-state index in [0.29, 0.717) is 0 Å². The number of hydrogen-bond donors (Lipinski definition) is 0. The number of esters is 1. The highest BCUT2D eigenvalue weighted by atomic mass is 16.5. The van der Waals surface area contributed by atoms with Crippen LogP contribution in [0.15, 0.2) is 23.3 Å². The van der Waals surface area contributed by atoms with E-state index < -0.39 is 6.10 Å². The first-order valence-corrected chi connectivity index (χ1v) is 7.24. The zero-order valence-electron chi connectivity index (χ0n) is 13.5. The maximum atomic E-state index is 12.3. The summed E-state index contributed by atoms with van der Waals surface area (Å²) in [5.41, 5.74) is 2.13. The van der Waals surface area contributed by atoms with Gasteiger partial charge in [0.1, 0.15) is 0 Å². The molecule has 2 heteroatoms. The third-order valence-electron chi connectivity index (χ3n) is 4.00. The Morgan fingerprint density at radius 1 is 1.40 bits per heavy atom. The summed E-state index contributed by atoms with van der Waals surface area (Å²) >= 11 is 0. The lowest BCUT2D eigenvalue weighted by molar-refractivity contribution is -0.147. The molecule has 0 saturated heterocycles. The van der Waals surface area contributed by atoms with Crippen molar-refractivity contribution in [2.75, 3.05) is 0 Å². The molecule has 0 aliphatic heterocycles. The second kappa shape index (κ2) is 6.31. The Hall–Kier alpha value is -1.49. The minimum atomic E-state index is -0.536. The normalized spacial score (nSPS) is 25.4.